The largest absolute Gasteiger partial charge is 0.347 e. The zero-order valence-electron chi connectivity index (χ0n) is 9.31. The van der Waals surface area contributed by atoms with Gasteiger partial charge in [0.15, 0.2) is 0 Å². The normalized spacial score (nSPS) is 10.6. The summed E-state index contributed by atoms with van der Waals surface area (Å²) in [7, 11) is 0. The van der Waals surface area contributed by atoms with E-state index in [1.807, 2.05) is 0 Å². The summed E-state index contributed by atoms with van der Waals surface area (Å²) in [6, 6.07) is 10.7. The zero-order valence-corrected chi connectivity index (χ0v) is 11.6. The molecule has 0 radical (unpaired) electrons. The van der Waals surface area contributed by atoms with Gasteiger partial charge in [-0.15, -0.1) is 24.0 Å². The molecule has 0 amide bonds. The van der Waals surface area contributed by atoms with E-state index in [9.17, 15) is 0 Å². The first-order valence-corrected chi connectivity index (χ1v) is 5.31. The van der Waals surface area contributed by atoms with Crippen LogP contribution in [0.3, 0.4) is 0 Å². The summed E-state index contributed by atoms with van der Waals surface area (Å²) < 4.78 is 2.34. The number of para-hydroxylation sites is 1. The van der Waals surface area contributed by atoms with Crippen LogP contribution in [0.2, 0.25) is 0 Å². The fraction of sp³-hybridized carbons (Fsp3) is 0.385. The van der Waals surface area contributed by atoms with Gasteiger partial charge in [0.05, 0.1) is 0 Å². The Hall–Kier alpha value is -0.510. The Kier molecular flexibility index (Phi) is 4.64. The zero-order chi connectivity index (χ0) is 9.97. The van der Waals surface area contributed by atoms with Gasteiger partial charge in [0, 0.05) is 18.3 Å². The van der Waals surface area contributed by atoms with Gasteiger partial charge in [-0.05, 0) is 29.9 Å². The molecule has 0 aliphatic heterocycles. The molecule has 2 aromatic rings. The molecule has 1 nitrogen and oxygen atoms in total. The van der Waals surface area contributed by atoms with Crippen LogP contribution in [0.4, 0.5) is 0 Å². The maximum Gasteiger partial charge on any atom is 0.0480 e. The number of benzene rings is 1. The van der Waals surface area contributed by atoms with E-state index in [2.05, 4.69) is 54.9 Å². The molecule has 0 saturated carbocycles. The van der Waals surface area contributed by atoms with Gasteiger partial charge in [0.25, 0.3) is 0 Å². The summed E-state index contributed by atoms with van der Waals surface area (Å²) in [5, 5.41) is 1.34. The molecule has 0 N–H and O–H groups in total. The fourth-order valence-electron chi connectivity index (χ4n) is 1.73. The van der Waals surface area contributed by atoms with Gasteiger partial charge in [-0.25, -0.2) is 0 Å². The summed E-state index contributed by atoms with van der Waals surface area (Å²) in [4.78, 5) is 0. The van der Waals surface area contributed by atoms with Gasteiger partial charge in [0.2, 0.25) is 0 Å². The summed E-state index contributed by atoms with van der Waals surface area (Å²) in [5.41, 5.74) is 1.35. The highest BCUT2D eigenvalue weighted by molar-refractivity contribution is 14.0. The van der Waals surface area contributed by atoms with Gasteiger partial charge in [-0.3, -0.25) is 0 Å². The van der Waals surface area contributed by atoms with Crippen molar-refractivity contribution in [3.05, 3.63) is 36.5 Å². The van der Waals surface area contributed by atoms with Gasteiger partial charge >= 0.3 is 0 Å². The van der Waals surface area contributed by atoms with E-state index in [-0.39, 0.29) is 24.0 Å². The van der Waals surface area contributed by atoms with E-state index >= 15 is 0 Å². The molecule has 2 rings (SSSR count). The van der Waals surface area contributed by atoms with E-state index in [4.69, 9.17) is 0 Å². The monoisotopic (exact) mass is 315 g/mol. The third kappa shape index (κ3) is 2.97. The lowest BCUT2D eigenvalue weighted by molar-refractivity contribution is 0.524. The van der Waals surface area contributed by atoms with Gasteiger partial charge in [-0.1, -0.05) is 32.0 Å². The Balaban J connectivity index is 0.00000112. The van der Waals surface area contributed by atoms with Crippen molar-refractivity contribution in [2.45, 2.75) is 26.8 Å². The minimum Gasteiger partial charge on any atom is -0.347 e. The minimum absolute atomic E-state index is 0. The number of fused-ring (bicyclic) bond motifs is 1. The molecule has 82 valence electrons. The second-order valence-corrected chi connectivity index (χ2v) is 4.25. The number of halogens is 1. The van der Waals surface area contributed by atoms with Crippen molar-refractivity contribution >= 4 is 34.9 Å². The molecule has 1 aromatic heterocycles. The molecular formula is C13H18IN. The molecule has 1 aromatic carbocycles. The van der Waals surface area contributed by atoms with Crippen LogP contribution >= 0.6 is 24.0 Å². The third-order valence-corrected chi connectivity index (χ3v) is 2.63. The Morgan fingerprint density at radius 2 is 1.87 bits per heavy atom. The second-order valence-electron chi connectivity index (χ2n) is 4.25. The maximum atomic E-state index is 2.34. The second kappa shape index (κ2) is 5.54. The first-order valence-electron chi connectivity index (χ1n) is 5.31. The van der Waals surface area contributed by atoms with Crippen LogP contribution in [-0.2, 0) is 6.54 Å². The van der Waals surface area contributed by atoms with Crippen LogP contribution in [0.5, 0.6) is 0 Å². The highest BCUT2D eigenvalue weighted by atomic mass is 127. The van der Waals surface area contributed by atoms with Crippen LogP contribution in [0.25, 0.3) is 10.9 Å². The first-order chi connectivity index (χ1) is 6.77. The lowest BCUT2D eigenvalue weighted by Gasteiger charge is -2.07. The van der Waals surface area contributed by atoms with E-state index in [1.54, 1.807) is 0 Å². The predicted molar refractivity (Wildman–Crippen MR) is 76.8 cm³/mol. The highest BCUT2D eigenvalue weighted by Gasteiger charge is 2.00. The Morgan fingerprint density at radius 1 is 1.13 bits per heavy atom. The number of aryl methyl sites for hydroxylation is 1. The SMILES string of the molecule is CC(C)CCn1ccc2ccccc21.I. The summed E-state index contributed by atoms with van der Waals surface area (Å²) in [6.07, 6.45) is 3.44. The molecule has 0 atom stereocenters. The summed E-state index contributed by atoms with van der Waals surface area (Å²) in [5.74, 6) is 0.774. The van der Waals surface area contributed by atoms with Crippen molar-refractivity contribution < 1.29 is 0 Å². The molecule has 1 heterocycles. The van der Waals surface area contributed by atoms with Gasteiger partial charge < -0.3 is 4.57 Å². The molecule has 0 bridgehead atoms. The van der Waals surface area contributed by atoms with E-state index in [0.29, 0.717) is 0 Å². The van der Waals surface area contributed by atoms with E-state index in [1.165, 1.54) is 17.3 Å². The van der Waals surface area contributed by atoms with Crippen molar-refractivity contribution in [2.24, 2.45) is 5.92 Å². The highest BCUT2D eigenvalue weighted by Crippen LogP contribution is 2.16. The molecule has 2 heteroatoms. The van der Waals surface area contributed by atoms with Crippen molar-refractivity contribution in [1.29, 1.82) is 0 Å². The molecule has 0 unspecified atom stereocenters. The molecule has 0 fully saturated rings. The fourth-order valence-corrected chi connectivity index (χ4v) is 1.73. The lowest BCUT2D eigenvalue weighted by Crippen LogP contribution is -1.99. The molecule has 0 spiro atoms. The average Bonchev–Trinajstić information content (AvgIpc) is 2.58. The molecule has 0 saturated heterocycles. The first kappa shape index (κ1) is 12.6. The van der Waals surface area contributed by atoms with Gasteiger partial charge in [0.1, 0.15) is 0 Å². The number of rotatable bonds is 3. The summed E-state index contributed by atoms with van der Waals surface area (Å²) >= 11 is 0. The van der Waals surface area contributed by atoms with Crippen molar-refractivity contribution in [3.63, 3.8) is 0 Å². The van der Waals surface area contributed by atoms with Gasteiger partial charge in [-0.2, -0.15) is 0 Å². The number of hydrogen-bond donors (Lipinski definition) is 0. The lowest BCUT2D eigenvalue weighted by atomic mass is 10.1. The standard InChI is InChI=1S/C13H17N.HI/c1-11(2)7-9-14-10-8-12-5-3-4-6-13(12)14;/h3-6,8,10-11H,7,9H2,1-2H3;1H. The van der Waals surface area contributed by atoms with Crippen LogP contribution in [0, 0.1) is 5.92 Å². The van der Waals surface area contributed by atoms with E-state index in [0.717, 1.165) is 12.5 Å². The molecular weight excluding hydrogens is 297 g/mol. The smallest absolute Gasteiger partial charge is 0.0480 e. The number of nitrogens with zero attached hydrogens (tertiary/aromatic N) is 1. The summed E-state index contributed by atoms with van der Waals surface area (Å²) in [6.45, 7) is 5.67. The molecule has 0 aliphatic rings. The third-order valence-electron chi connectivity index (χ3n) is 2.63. The van der Waals surface area contributed by atoms with E-state index < -0.39 is 0 Å². The molecule has 0 aliphatic carbocycles. The minimum atomic E-state index is 0. The van der Waals surface area contributed by atoms with Crippen LogP contribution < -0.4 is 0 Å². The van der Waals surface area contributed by atoms with Crippen molar-refractivity contribution in [3.8, 4) is 0 Å². The van der Waals surface area contributed by atoms with Crippen LogP contribution in [-0.4, -0.2) is 4.57 Å². The Bertz CT molecular complexity index is 417. The van der Waals surface area contributed by atoms with Crippen molar-refractivity contribution in [1.82, 2.24) is 4.57 Å². The predicted octanol–water partition coefficient (Wildman–Crippen LogP) is 4.31. The van der Waals surface area contributed by atoms with Crippen molar-refractivity contribution in [2.75, 3.05) is 0 Å². The quantitative estimate of drug-likeness (QED) is 0.744. The Morgan fingerprint density at radius 3 is 2.60 bits per heavy atom. The van der Waals surface area contributed by atoms with Crippen LogP contribution in [0.1, 0.15) is 20.3 Å². The molecule has 15 heavy (non-hydrogen) atoms. The average molecular weight is 315 g/mol. The Labute approximate surface area is 109 Å². The number of aromatic nitrogens is 1. The maximum absolute atomic E-state index is 2.34. The van der Waals surface area contributed by atoms with Crippen LogP contribution in [0.15, 0.2) is 36.5 Å². The number of hydrogen-bond acceptors (Lipinski definition) is 0. The topological polar surface area (TPSA) is 4.93 Å².